The fourth-order valence-corrected chi connectivity index (χ4v) is 3.67. The van der Waals surface area contributed by atoms with Crippen molar-refractivity contribution in [3.63, 3.8) is 0 Å². The summed E-state index contributed by atoms with van der Waals surface area (Å²) in [5.74, 6) is -2.34. The summed E-state index contributed by atoms with van der Waals surface area (Å²) in [4.78, 5) is 16.1. The van der Waals surface area contributed by atoms with Crippen molar-refractivity contribution in [3.05, 3.63) is 83.3 Å². The van der Waals surface area contributed by atoms with Gasteiger partial charge in [-0.15, -0.1) is 0 Å². The first-order valence-electron chi connectivity index (χ1n) is 10.7. The molecule has 3 rings (SSSR count). The van der Waals surface area contributed by atoms with Crippen LogP contribution in [0.2, 0.25) is 0 Å². The number of alkyl halides is 3. The Morgan fingerprint density at radius 2 is 1.68 bits per heavy atom. The van der Waals surface area contributed by atoms with Crippen LogP contribution in [-0.4, -0.2) is 30.6 Å². The average Bonchev–Trinajstić information content (AvgIpc) is 2.81. The largest absolute Gasteiger partial charge is 0.494 e. The monoisotopic (exact) mass is 474 g/mol. The second-order valence-electron chi connectivity index (χ2n) is 8.67. The summed E-state index contributed by atoms with van der Waals surface area (Å²) >= 11 is 0. The fraction of sp³-hybridized carbons (Fsp3) is 0.308. The van der Waals surface area contributed by atoms with Gasteiger partial charge in [-0.25, -0.2) is 9.37 Å². The number of hydrogen-bond acceptors (Lipinski definition) is 4. The molecule has 34 heavy (non-hydrogen) atoms. The molecule has 2 aromatic carbocycles. The normalized spacial score (nSPS) is 12.9. The van der Waals surface area contributed by atoms with Gasteiger partial charge < -0.3 is 10.1 Å². The van der Waals surface area contributed by atoms with Gasteiger partial charge in [0.15, 0.2) is 0 Å². The molecule has 0 aliphatic heterocycles. The molecule has 0 unspecified atom stereocenters. The highest BCUT2D eigenvalue weighted by Crippen LogP contribution is 2.40. The van der Waals surface area contributed by atoms with E-state index in [9.17, 15) is 22.4 Å². The lowest BCUT2D eigenvalue weighted by Crippen LogP contribution is -2.35. The molecule has 1 N–H and O–H groups in total. The lowest BCUT2D eigenvalue weighted by molar-refractivity contribution is -0.0888. The van der Waals surface area contributed by atoms with Gasteiger partial charge in [0.05, 0.1) is 7.11 Å². The van der Waals surface area contributed by atoms with Crippen LogP contribution in [0.5, 0.6) is 5.75 Å². The zero-order chi connectivity index (χ0) is 25.1. The number of nitrogens with zero attached hydrogens (tertiary/aromatic N) is 1. The maximum absolute atomic E-state index is 13.5. The zero-order valence-corrected chi connectivity index (χ0v) is 19.3. The fourth-order valence-electron chi connectivity index (χ4n) is 3.67. The number of Topliss-reactive ketones (excluding diaryl/α,β-unsaturated/α-hetero) is 1. The first kappa shape index (κ1) is 25.4. The van der Waals surface area contributed by atoms with Crippen molar-refractivity contribution in [2.24, 2.45) is 0 Å². The Kier molecular flexibility index (Phi) is 7.41. The summed E-state index contributed by atoms with van der Waals surface area (Å²) in [6.45, 7) is 6.03. The molecule has 0 fully saturated rings. The van der Waals surface area contributed by atoms with E-state index in [-0.39, 0.29) is 17.5 Å². The number of methoxy groups -OCH3 is 1. The van der Waals surface area contributed by atoms with Crippen molar-refractivity contribution in [2.75, 3.05) is 13.7 Å². The van der Waals surface area contributed by atoms with Crippen LogP contribution in [0.15, 0.2) is 60.7 Å². The van der Waals surface area contributed by atoms with E-state index in [1.807, 2.05) is 51.1 Å². The first-order valence-corrected chi connectivity index (χ1v) is 10.7. The maximum Gasteiger partial charge on any atom is 0.456 e. The number of pyridine rings is 1. The molecular weight excluding hydrogens is 448 g/mol. The van der Waals surface area contributed by atoms with Crippen molar-refractivity contribution in [2.45, 2.75) is 38.4 Å². The predicted octanol–water partition coefficient (Wildman–Crippen LogP) is 6.27. The molecule has 180 valence electrons. The molecule has 0 saturated heterocycles. The van der Waals surface area contributed by atoms with Gasteiger partial charge in [-0.2, -0.15) is 13.2 Å². The topological polar surface area (TPSA) is 51.2 Å². The molecule has 1 atom stereocenters. The van der Waals surface area contributed by atoms with Gasteiger partial charge in [0.2, 0.25) is 0 Å². The summed E-state index contributed by atoms with van der Waals surface area (Å²) in [7, 11) is 1.38. The molecule has 1 aromatic heterocycles. The highest BCUT2D eigenvalue weighted by Gasteiger charge is 2.42. The minimum atomic E-state index is -5.09. The molecule has 0 amide bonds. The van der Waals surface area contributed by atoms with E-state index in [0.717, 1.165) is 11.6 Å². The van der Waals surface area contributed by atoms with E-state index >= 15 is 0 Å². The highest BCUT2D eigenvalue weighted by molar-refractivity contribution is 5.99. The molecule has 0 spiro atoms. The van der Waals surface area contributed by atoms with Gasteiger partial charge in [-0.05, 0) is 42.8 Å². The molecule has 0 bridgehead atoms. The van der Waals surface area contributed by atoms with Crippen molar-refractivity contribution in [1.29, 1.82) is 0 Å². The second kappa shape index (κ2) is 9.93. The Labute approximate surface area is 196 Å². The van der Waals surface area contributed by atoms with Crippen LogP contribution in [-0.2, 0) is 5.41 Å². The third-order valence-corrected chi connectivity index (χ3v) is 5.66. The molecular formula is C26H26F4N2O2. The van der Waals surface area contributed by atoms with Gasteiger partial charge in [0.1, 0.15) is 23.0 Å². The van der Waals surface area contributed by atoms with E-state index in [4.69, 9.17) is 4.74 Å². The van der Waals surface area contributed by atoms with Crippen LogP contribution in [0.3, 0.4) is 0 Å². The van der Waals surface area contributed by atoms with Crippen LogP contribution in [0.25, 0.3) is 11.3 Å². The second-order valence-corrected chi connectivity index (χ2v) is 8.67. The number of hydrogen-bond donors (Lipinski definition) is 1. The third-order valence-electron chi connectivity index (χ3n) is 5.66. The van der Waals surface area contributed by atoms with Crippen LogP contribution in [0.1, 0.15) is 48.4 Å². The number of rotatable bonds is 8. The van der Waals surface area contributed by atoms with Gasteiger partial charge in [-0.1, -0.05) is 44.2 Å². The Hall–Kier alpha value is -3.26. The van der Waals surface area contributed by atoms with Crippen molar-refractivity contribution >= 4 is 5.78 Å². The van der Waals surface area contributed by atoms with Crippen molar-refractivity contribution in [3.8, 4) is 17.0 Å². The van der Waals surface area contributed by atoms with Gasteiger partial charge in [0, 0.05) is 29.1 Å². The number of carbonyl (C=O) groups excluding carboxylic acids is 1. The minimum Gasteiger partial charge on any atom is -0.494 e. The van der Waals surface area contributed by atoms with Crippen LogP contribution < -0.4 is 10.1 Å². The number of carbonyl (C=O) groups is 1. The lowest BCUT2D eigenvalue weighted by Gasteiger charge is -2.30. The number of benzene rings is 2. The number of nitrogens with one attached hydrogen (secondary N) is 1. The molecule has 1 heterocycles. The van der Waals surface area contributed by atoms with E-state index in [0.29, 0.717) is 17.7 Å². The molecule has 0 aliphatic carbocycles. The summed E-state index contributed by atoms with van der Waals surface area (Å²) < 4.78 is 58.9. The maximum atomic E-state index is 13.5. The van der Waals surface area contributed by atoms with Gasteiger partial charge in [0.25, 0.3) is 5.78 Å². The summed E-state index contributed by atoms with van der Waals surface area (Å²) in [5, 5.41) is 3.40. The minimum absolute atomic E-state index is 0.0267. The van der Waals surface area contributed by atoms with E-state index in [1.165, 1.54) is 31.4 Å². The third kappa shape index (κ3) is 5.62. The molecule has 0 radical (unpaired) electrons. The van der Waals surface area contributed by atoms with E-state index in [1.54, 1.807) is 0 Å². The average molecular weight is 474 g/mol. The van der Waals surface area contributed by atoms with Gasteiger partial charge in [-0.3, -0.25) is 4.79 Å². The van der Waals surface area contributed by atoms with Crippen LogP contribution >= 0.6 is 0 Å². The summed E-state index contributed by atoms with van der Waals surface area (Å²) in [6, 6.07) is 15.9. The highest BCUT2D eigenvalue weighted by atomic mass is 19.4. The van der Waals surface area contributed by atoms with Gasteiger partial charge >= 0.3 is 6.18 Å². The Bertz CT molecular complexity index is 1140. The van der Waals surface area contributed by atoms with E-state index < -0.39 is 28.9 Å². The molecule has 3 aromatic rings. The number of aromatic nitrogens is 1. The Morgan fingerprint density at radius 3 is 2.24 bits per heavy atom. The standard InChI is InChI=1S/C26H26F4N2O2/c1-16(17-8-6-5-7-9-17)31-15-25(2,3)20-14-21(24(33)26(28,29)30)32-22(23(20)34-4)18-10-12-19(27)13-11-18/h5-14,16,31H,15H2,1-4H3/t16-/m0/s1. The lowest BCUT2D eigenvalue weighted by atomic mass is 9.82. The number of ketones is 1. The van der Waals surface area contributed by atoms with Crippen LogP contribution in [0, 0.1) is 5.82 Å². The van der Waals surface area contributed by atoms with E-state index in [2.05, 4.69) is 10.3 Å². The smallest absolute Gasteiger partial charge is 0.456 e. The number of ether oxygens (including phenoxy) is 1. The quantitative estimate of drug-likeness (QED) is 0.309. The SMILES string of the molecule is COc1c(C(C)(C)CN[C@@H](C)c2ccccc2)cc(C(=O)C(F)(F)F)nc1-c1ccc(F)cc1. The van der Waals surface area contributed by atoms with Crippen LogP contribution in [0.4, 0.5) is 17.6 Å². The Balaban J connectivity index is 2.08. The molecule has 8 heteroatoms. The predicted molar refractivity (Wildman–Crippen MR) is 122 cm³/mol. The zero-order valence-electron chi connectivity index (χ0n) is 19.3. The molecule has 0 aliphatic rings. The molecule has 4 nitrogen and oxygen atoms in total. The Morgan fingerprint density at radius 1 is 1.06 bits per heavy atom. The first-order chi connectivity index (χ1) is 15.9. The van der Waals surface area contributed by atoms with Crippen molar-refractivity contribution in [1.82, 2.24) is 10.3 Å². The number of halogens is 4. The summed E-state index contributed by atoms with van der Waals surface area (Å²) in [6.07, 6.45) is -5.09. The summed E-state index contributed by atoms with van der Waals surface area (Å²) in [5.41, 5.74) is 0.304. The molecule has 0 saturated carbocycles. The van der Waals surface area contributed by atoms with Crippen molar-refractivity contribution < 1.29 is 27.1 Å².